The number of azo groups is 1. The van der Waals surface area contributed by atoms with Gasteiger partial charge < -0.3 is 10.0 Å². The number of fused-ring (bicyclic) bond motifs is 1. The molecule has 7 nitrogen and oxygen atoms in total. The summed E-state index contributed by atoms with van der Waals surface area (Å²) in [6, 6.07) is 14.7. The van der Waals surface area contributed by atoms with Crippen LogP contribution in [0.25, 0.3) is 5.70 Å². The number of anilines is 1. The standard InChI is InChI=1S/C20H22N4O3/c1-2-23(13-14-25)16-9-7-15(8-10-16)21-22-19-11-12-20(24(26)27)18-6-4-3-5-17(18)19/h3-10,12,19,25H,2,11,13-14H2,1H3. The normalized spacial score (nSPS) is 16.1. The lowest BCUT2D eigenvalue weighted by Gasteiger charge is -2.21. The maximum Gasteiger partial charge on any atom is 0.273 e. The molecule has 2 aromatic carbocycles. The third-order valence-electron chi connectivity index (χ3n) is 4.61. The van der Waals surface area contributed by atoms with Crippen LogP contribution in [-0.2, 0) is 0 Å². The molecule has 1 aliphatic rings. The summed E-state index contributed by atoms with van der Waals surface area (Å²) in [6.45, 7) is 3.54. The third-order valence-corrected chi connectivity index (χ3v) is 4.61. The first-order chi connectivity index (χ1) is 13.1. The predicted octanol–water partition coefficient (Wildman–Crippen LogP) is 4.35. The van der Waals surface area contributed by atoms with Gasteiger partial charge in [0.05, 0.1) is 22.8 Å². The molecular weight excluding hydrogens is 344 g/mol. The van der Waals surface area contributed by atoms with Crippen molar-refractivity contribution >= 4 is 17.1 Å². The molecule has 0 amide bonds. The molecule has 0 saturated heterocycles. The largest absolute Gasteiger partial charge is 0.395 e. The fraction of sp³-hybridized carbons (Fsp3) is 0.300. The van der Waals surface area contributed by atoms with Crippen molar-refractivity contribution in [2.24, 2.45) is 10.2 Å². The van der Waals surface area contributed by atoms with Crippen LogP contribution in [0.1, 0.15) is 30.5 Å². The molecule has 1 N–H and O–H groups in total. The van der Waals surface area contributed by atoms with E-state index in [4.69, 9.17) is 5.11 Å². The van der Waals surface area contributed by atoms with Gasteiger partial charge in [-0.05, 0) is 48.9 Å². The van der Waals surface area contributed by atoms with Gasteiger partial charge >= 0.3 is 0 Å². The van der Waals surface area contributed by atoms with Gasteiger partial charge in [0.15, 0.2) is 0 Å². The smallest absolute Gasteiger partial charge is 0.273 e. The Balaban J connectivity index is 1.78. The fourth-order valence-electron chi connectivity index (χ4n) is 3.22. The Morgan fingerprint density at radius 3 is 2.63 bits per heavy atom. The molecule has 0 fully saturated rings. The number of benzene rings is 2. The second-order valence-electron chi connectivity index (χ2n) is 6.22. The van der Waals surface area contributed by atoms with Crippen molar-refractivity contribution in [3.63, 3.8) is 0 Å². The minimum atomic E-state index is -0.350. The van der Waals surface area contributed by atoms with Crippen LogP contribution in [0.3, 0.4) is 0 Å². The van der Waals surface area contributed by atoms with Gasteiger partial charge in [0.25, 0.3) is 5.70 Å². The lowest BCUT2D eigenvalue weighted by molar-refractivity contribution is -0.376. The number of nitrogens with zero attached hydrogens (tertiary/aromatic N) is 4. The van der Waals surface area contributed by atoms with E-state index in [1.807, 2.05) is 43.3 Å². The van der Waals surface area contributed by atoms with Crippen LogP contribution < -0.4 is 4.90 Å². The zero-order valence-corrected chi connectivity index (χ0v) is 15.2. The number of nitro groups is 1. The topological polar surface area (TPSA) is 91.3 Å². The molecule has 0 heterocycles. The maximum absolute atomic E-state index is 11.2. The molecule has 3 rings (SSSR count). The summed E-state index contributed by atoms with van der Waals surface area (Å²) in [6.07, 6.45) is 2.07. The van der Waals surface area contributed by atoms with Crippen molar-refractivity contribution in [1.29, 1.82) is 0 Å². The molecule has 0 spiro atoms. The maximum atomic E-state index is 11.2. The minimum Gasteiger partial charge on any atom is -0.395 e. The second kappa shape index (κ2) is 8.55. The van der Waals surface area contributed by atoms with E-state index >= 15 is 0 Å². The second-order valence-corrected chi connectivity index (χ2v) is 6.22. The van der Waals surface area contributed by atoms with Crippen molar-refractivity contribution < 1.29 is 10.0 Å². The van der Waals surface area contributed by atoms with E-state index in [-0.39, 0.29) is 23.3 Å². The van der Waals surface area contributed by atoms with E-state index < -0.39 is 0 Å². The van der Waals surface area contributed by atoms with Gasteiger partial charge in [-0.25, -0.2) is 0 Å². The SMILES string of the molecule is CCN(CCO)c1ccc(N=NC2CC=C([N+](=O)[O-])c3ccccc32)cc1. The highest BCUT2D eigenvalue weighted by atomic mass is 16.6. The van der Waals surface area contributed by atoms with Crippen LogP contribution in [-0.4, -0.2) is 29.7 Å². The van der Waals surface area contributed by atoms with Crippen LogP contribution in [0, 0.1) is 10.1 Å². The molecule has 7 heteroatoms. The highest BCUT2D eigenvalue weighted by Gasteiger charge is 2.27. The number of aliphatic hydroxyl groups is 1. The van der Waals surface area contributed by atoms with Crippen molar-refractivity contribution in [1.82, 2.24) is 0 Å². The zero-order valence-electron chi connectivity index (χ0n) is 15.2. The molecule has 0 aliphatic heterocycles. The zero-order chi connectivity index (χ0) is 19.2. The van der Waals surface area contributed by atoms with Gasteiger partial charge in [-0.3, -0.25) is 10.1 Å². The Hall–Kier alpha value is -3.06. The molecule has 1 unspecified atom stereocenters. The number of aliphatic hydroxyl groups excluding tert-OH is 1. The van der Waals surface area contributed by atoms with Crippen LogP contribution in [0.15, 0.2) is 64.8 Å². The Kier molecular flexibility index (Phi) is 5.93. The van der Waals surface area contributed by atoms with Crippen molar-refractivity contribution in [3.05, 3.63) is 75.8 Å². The molecule has 1 aliphatic carbocycles. The fourth-order valence-corrected chi connectivity index (χ4v) is 3.22. The Morgan fingerprint density at radius 1 is 1.22 bits per heavy atom. The number of rotatable bonds is 7. The molecule has 140 valence electrons. The molecular formula is C20H22N4O3. The van der Waals surface area contributed by atoms with Crippen molar-refractivity contribution in [2.45, 2.75) is 19.4 Å². The van der Waals surface area contributed by atoms with Gasteiger partial charge in [-0.15, -0.1) is 0 Å². The third kappa shape index (κ3) is 4.20. The quantitative estimate of drug-likeness (QED) is 0.448. The van der Waals surface area contributed by atoms with Gasteiger partial charge in [-0.1, -0.05) is 18.2 Å². The first-order valence-corrected chi connectivity index (χ1v) is 8.94. The van der Waals surface area contributed by atoms with Gasteiger partial charge in [0.2, 0.25) is 0 Å². The van der Waals surface area contributed by atoms with Crippen molar-refractivity contribution in [2.75, 3.05) is 24.6 Å². The lowest BCUT2D eigenvalue weighted by atomic mass is 9.91. The van der Waals surface area contributed by atoms with Crippen LogP contribution >= 0.6 is 0 Å². The summed E-state index contributed by atoms with van der Waals surface area (Å²) in [4.78, 5) is 12.9. The molecule has 27 heavy (non-hydrogen) atoms. The Bertz CT molecular complexity index is 862. The first kappa shape index (κ1) is 18.7. The van der Waals surface area contributed by atoms with Crippen LogP contribution in [0.4, 0.5) is 11.4 Å². The molecule has 0 aromatic heterocycles. The molecule has 2 aromatic rings. The summed E-state index contributed by atoms with van der Waals surface area (Å²) in [5.41, 5.74) is 3.31. The summed E-state index contributed by atoms with van der Waals surface area (Å²) >= 11 is 0. The van der Waals surface area contributed by atoms with E-state index in [1.54, 1.807) is 18.2 Å². The van der Waals surface area contributed by atoms with E-state index in [0.29, 0.717) is 18.5 Å². The van der Waals surface area contributed by atoms with Crippen LogP contribution in [0.5, 0.6) is 0 Å². The number of hydrogen-bond acceptors (Lipinski definition) is 6. The molecule has 0 radical (unpaired) electrons. The number of likely N-dealkylation sites (N-methyl/N-ethyl adjacent to an activating group) is 1. The lowest BCUT2D eigenvalue weighted by Crippen LogP contribution is -2.25. The van der Waals surface area contributed by atoms with E-state index in [1.165, 1.54) is 0 Å². The van der Waals surface area contributed by atoms with Gasteiger partial charge in [-0.2, -0.15) is 10.2 Å². The Morgan fingerprint density at radius 2 is 1.96 bits per heavy atom. The monoisotopic (exact) mass is 366 g/mol. The van der Waals surface area contributed by atoms with Gasteiger partial charge in [0.1, 0.15) is 6.04 Å². The van der Waals surface area contributed by atoms with Gasteiger partial charge in [0, 0.05) is 25.2 Å². The summed E-state index contributed by atoms with van der Waals surface area (Å²) in [5.74, 6) is 0. The summed E-state index contributed by atoms with van der Waals surface area (Å²) < 4.78 is 0. The van der Waals surface area contributed by atoms with E-state index in [9.17, 15) is 10.1 Å². The van der Waals surface area contributed by atoms with Crippen molar-refractivity contribution in [3.8, 4) is 0 Å². The van der Waals surface area contributed by atoms with E-state index in [0.717, 1.165) is 23.5 Å². The highest BCUT2D eigenvalue weighted by Crippen LogP contribution is 2.36. The average Bonchev–Trinajstić information content (AvgIpc) is 2.70. The molecule has 1 atom stereocenters. The molecule has 0 bridgehead atoms. The Labute approximate surface area is 157 Å². The number of hydrogen-bond donors (Lipinski definition) is 1. The highest BCUT2D eigenvalue weighted by molar-refractivity contribution is 5.65. The van der Waals surface area contributed by atoms with Crippen LogP contribution in [0.2, 0.25) is 0 Å². The predicted molar refractivity (Wildman–Crippen MR) is 105 cm³/mol. The summed E-state index contributed by atoms with van der Waals surface area (Å²) in [5, 5.41) is 29.1. The first-order valence-electron chi connectivity index (χ1n) is 8.94. The minimum absolute atomic E-state index is 0.107. The average molecular weight is 366 g/mol. The molecule has 0 saturated carbocycles. The summed E-state index contributed by atoms with van der Waals surface area (Å²) in [7, 11) is 0. The van der Waals surface area contributed by atoms with E-state index in [2.05, 4.69) is 15.1 Å².